The van der Waals surface area contributed by atoms with Crippen molar-refractivity contribution in [1.29, 1.82) is 0 Å². The first kappa shape index (κ1) is 24.6. The molecule has 2 aliphatic carbocycles. The standard InChI is InChI=1S/C25H33NO2S.K/c1-24(2,3)18-13-17(14-19(15-18)25(4)10-11-25)21-20(29-22(26-21)23(27)28)12-16-8-6-5-7-9-16;/h13-16H,5-12H2,1-4H3,(H,27,28);/q;+1/p-1. The van der Waals surface area contributed by atoms with Gasteiger partial charge in [-0.2, -0.15) is 0 Å². The second-order valence-electron chi connectivity index (χ2n) is 10.4. The van der Waals surface area contributed by atoms with Crippen molar-refractivity contribution in [3.63, 3.8) is 0 Å². The monoisotopic (exact) mass is 449 g/mol. The van der Waals surface area contributed by atoms with Crippen LogP contribution in [-0.4, -0.2) is 11.0 Å². The van der Waals surface area contributed by atoms with Crippen molar-refractivity contribution in [3.8, 4) is 11.3 Å². The zero-order valence-electron chi connectivity index (χ0n) is 19.1. The quantitative estimate of drug-likeness (QED) is 0.660. The van der Waals surface area contributed by atoms with Crippen LogP contribution in [0.25, 0.3) is 11.3 Å². The van der Waals surface area contributed by atoms with Crippen LogP contribution in [0.4, 0.5) is 0 Å². The van der Waals surface area contributed by atoms with E-state index in [1.807, 2.05) is 0 Å². The maximum absolute atomic E-state index is 11.6. The summed E-state index contributed by atoms with van der Waals surface area (Å²) in [5.74, 6) is -0.517. The molecule has 2 aromatic rings. The van der Waals surface area contributed by atoms with Gasteiger partial charge < -0.3 is 9.90 Å². The van der Waals surface area contributed by atoms with Crippen molar-refractivity contribution in [3.05, 3.63) is 39.2 Å². The van der Waals surface area contributed by atoms with Crippen LogP contribution in [0.3, 0.4) is 0 Å². The summed E-state index contributed by atoms with van der Waals surface area (Å²) in [6, 6.07) is 6.85. The SMILES string of the molecule is CC(C)(C)c1cc(-c2nc(C(=O)[O-])sc2CC2CCCCC2)cc(C2(C)CC2)c1.[K+]. The number of carbonyl (C=O) groups excluding carboxylic acids is 1. The van der Waals surface area contributed by atoms with Crippen LogP contribution in [0.5, 0.6) is 0 Å². The molecular weight excluding hydrogens is 417 g/mol. The van der Waals surface area contributed by atoms with Gasteiger partial charge in [0.25, 0.3) is 0 Å². The normalized spacial score (nSPS) is 18.7. The van der Waals surface area contributed by atoms with Crippen molar-refractivity contribution in [2.45, 2.75) is 89.9 Å². The minimum absolute atomic E-state index is 0. The first-order chi connectivity index (χ1) is 13.7. The maximum Gasteiger partial charge on any atom is 1.00 e. The van der Waals surface area contributed by atoms with E-state index in [-0.39, 0.29) is 67.2 Å². The zero-order valence-corrected chi connectivity index (χ0v) is 23.1. The summed E-state index contributed by atoms with van der Waals surface area (Å²) in [7, 11) is 0. The molecule has 5 heteroatoms. The molecule has 1 aromatic carbocycles. The van der Waals surface area contributed by atoms with Crippen molar-refractivity contribution < 1.29 is 61.3 Å². The molecule has 2 fully saturated rings. The minimum Gasteiger partial charge on any atom is -0.542 e. The van der Waals surface area contributed by atoms with Gasteiger partial charge in [0.1, 0.15) is 11.0 Å². The summed E-state index contributed by atoms with van der Waals surface area (Å²) in [4.78, 5) is 17.3. The number of aromatic carboxylic acids is 1. The largest absolute Gasteiger partial charge is 1.00 e. The molecule has 0 spiro atoms. The number of benzene rings is 1. The van der Waals surface area contributed by atoms with Crippen LogP contribution in [-0.2, 0) is 17.3 Å². The Morgan fingerprint density at radius 1 is 1.17 bits per heavy atom. The van der Waals surface area contributed by atoms with Gasteiger partial charge in [0.2, 0.25) is 0 Å². The molecule has 0 N–H and O–H groups in total. The summed E-state index contributed by atoms with van der Waals surface area (Å²) in [6.45, 7) is 9.04. The number of aromatic nitrogens is 1. The van der Waals surface area contributed by atoms with Gasteiger partial charge in [-0.15, -0.1) is 11.3 Å². The summed E-state index contributed by atoms with van der Waals surface area (Å²) in [5.41, 5.74) is 4.90. The van der Waals surface area contributed by atoms with E-state index in [4.69, 9.17) is 0 Å². The fourth-order valence-electron chi connectivity index (χ4n) is 4.48. The van der Waals surface area contributed by atoms with E-state index in [9.17, 15) is 9.90 Å². The van der Waals surface area contributed by atoms with Gasteiger partial charge in [-0.05, 0) is 59.3 Å². The third-order valence-electron chi connectivity index (χ3n) is 6.84. The molecule has 0 unspecified atom stereocenters. The number of carbonyl (C=O) groups is 1. The number of hydrogen-bond acceptors (Lipinski definition) is 4. The summed E-state index contributed by atoms with van der Waals surface area (Å²) in [5, 5.41) is 11.7. The van der Waals surface area contributed by atoms with Crippen LogP contribution < -0.4 is 56.5 Å². The summed E-state index contributed by atoms with van der Waals surface area (Å²) >= 11 is 1.33. The fourth-order valence-corrected chi connectivity index (χ4v) is 5.51. The van der Waals surface area contributed by atoms with Gasteiger partial charge in [0, 0.05) is 10.4 Å². The maximum atomic E-state index is 11.6. The van der Waals surface area contributed by atoms with E-state index in [0.29, 0.717) is 5.92 Å². The Morgan fingerprint density at radius 3 is 2.40 bits per heavy atom. The third-order valence-corrected chi connectivity index (χ3v) is 7.90. The summed E-state index contributed by atoms with van der Waals surface area (Å²) in [6.07, 6.45) is 9.75. The molecule has 0 aliphatic heterocycles. The molecule has 0 bridgehead atoms. The second kappa shape index (κ2) is 9.44. The summed E-state index contributed by atoms with van der Waals surface area (Å²) < 4.78 is 0. The van der Waals surface area contributed by atoms with E-state index >= 15 is 0 Å². The molecule has 1 heterocycles. The van der Waals surface area contributed by atoms with Gasteiger partial charge >= 0.3 is 51.4 Å². The van der Waals surface area contributed by atoms with Crippen LogP contribution in [0.1, 0.15) is 98.4 Å². The Morgan fingerprint density at radius 2 is 1.83 bits per heavy atom. The molecular formula is C25H32KNO2S. The minimum atomic E-state index is -1.16. The van der Waals surface area contributed by atoms with E-state index in [0.717, 1.165) is 22.6 Å². The van der Waals surface area contributed by atoms with Crippen molar-refractivity contribution in [1.82, 2.24) is 4.98 Å². The van der Waals surface area contributed by atoms with Crippen molar-refractivity contribution >= 4 is 17.3 Å². The molecule has 4 rings (SSSR count). The van der Waals surface area contributed by atoms with Gasteiger partial charge in [0.05, 0.1) is 5.69 Å². The molecule has 2 aliphatic rings. The smallest absolute Gasteiger partial charge is 0.542 e. The second-order valence-corrected chi connectivity index (χ2v) is 11.5. The van der Waals surface area contributed by atoms with E-state index in [1.165, 1.54) is 67.4 Å². The predicted molar refractivity (Wildman–Crippen MR) is 117 cm³/mol. The first-order valence-electron chi connectivity index (χ1n) is 11.0. The van der Waals surface area contributed by atoms with Gasteiger partial charge in [-0.25, -0.2) is 4.98 Å². The van der Waals surface area contributed by atoms with Gasteiger partial charge in [-0.3, -0.25) is 0 Å². The van der Waals surface area contributed by atoms with Crippen LogP contribution >= 0.6 is 11.3 Å². The first-order valence-corrected chi connectivity index (χ1v) is 11.8. The molecule has 0 radical (unpaired) electrons. The number of rotatable bonds is 5. The van der Waals surface area contributed by atoms with Crippen LogP contribution in [0.15, 0.2) is 18.2 Å². The van der Waals surface area contributed by atoms with Gasteiger partial charge in [0.15, 0.2) is 0 Å². The Hall–Kier alpha value is -0.0436. The van der Waals surface area contributed by atoms with Crippen molar-refractivity contribution in [2.75, 3.05) is 0 Å². The zero-order chi connectivity index (χ0) is 20.8. The number of thiazole rings is 1. The molecule has 0 atom stereocenters. The van der Waals surface area contributed by atoms with Crippen LogP contribution in [0.2, 0.25) is 0 Å². The number of carboxylic acid groups (broad SMARTS) is 1. The van der Waals surface area contributed by atoms with Crippen molar-refractivity contribution in [2.24, 2.45) is 5.92 Å². The van der Waals surface area contributed by atoms with E-state index < -0.39 is 5.97 Å². The van der Waals surface area contributed by atoms with Gasteiger partial charge in [-0.1, -0.05) is 65.9 Å². The molecule has 0 saturated heterocycles. The fraction of sp³-hybridized carbons (Fsp3) is 0.600. The Bertz CT molecular complexity index is 894. The Labute approximate surface area is 227 Å². The molecule has 30 heavy (non-hydrogen) atoms. The average molecular weight is 450 g/mol. The number of carboxylic acids is 1. The average Bonchev–Trinajstić information content (AvgIpc) is 3.28. The van der Waals surface area contributed by atoms with E-state index in [2.05, 4.69) is 50.9 Å². The Kier molecular flexibility index (Phi) is 7.74. The third kappa shape index (κ3) is 5.47. The Balaban J connectivity index is 0.00000256. The predicted octanol–water partition coefficient (Wildman–Crippen LogP) is 2.65. The molecule has 2 saturated carbocycles. The van der Waals surface area contributed by atoms with E-state index in [1.54, 1.807) is 0 Å². The molecule has 1 aromatic heterocycles. The van der Waals surface area contributed by atoms with Crippen LogP contribution in [0, 0.1) is 5.92 Å². The molecule has 156 valence electrons. The number of hydrogen-bond donors (Lipinski definition) is 0. The topological polar surface area (TPSA) is 53.0 Å². The number of nitrogens with zero attached hydrogens (tertiary/aromatic N) is 1. The molecule has 3 nitrogen and oxygen atoms in total. The molecule has 0 amide bonds.